The molecule has 1 fully saturated rings. The lowest BCUT2D eigenvalue weighted by Crippen LogP contribution is -2.23. The third-order valence-electron chi connectivity index (χ3n) is 6.69. The fraction of sp³-hybridized carbons (Fsp3) is 0.310. The number of ether oxygens (including phenoxy) is 2. The molecule has 0 aromatic heterocycles. The lowest BCUT2D eigenvalue weighted by atomic mass is 9.79. The molecular weight excluding hydrogens is 430 g/mol. The summed E-state index contributed by atoms with van der Waals surface area (Å²) in [5.74, 6) is 1.87. The summed E-state index contributed by atoms with van der Waals surface area (Å²) < 4.78 is 11.5. The van der Waals surface area contributed by atoms with Gasteiger partial charge >= 0.3 is 0 Å². The van der Waals surface area contributed by atoms with E-state index in [2.05, 4.69) is 78.1 Å². The first-order chi connectivity index (χ1) is 15.8. The molecule has 0 amide bonds. The van der Waals surface area contributed by atoms with E-state index >= 15 is 0 Å². The molecule has 1 aliphatic heterocycles. The number of hydrogen-bond donors (Lipinski definition) is 1. The quantitative estimate of drug-likeness (QED) is 0.433. The Hall–Kier alpha value is -2.75. The normalized spacial score (nSPS) is 17.3. The fourth-order valence-corrected chi connectivity index (χ4v) is 4.99. The van der Waals surface area contributed by atoms with Crippen molar-refractivity contribution in [1.29, 1.82) is 0 Å². The van der Waals surface area contributed by atoms with E-state index in [1.165, 1.54) is 46.2 Å². The van der Waals surface area contributed by atoms with Gasteiger partial charge in [0.05, 0.1) is 13.7 Å². The van der Waals surface area contributed by atoms with E-state index in [1.54, 1.807) is 7.11 Å². The maximum atomic E-state index is 6.05. The van der Waals surface area contributed by atoms with Crippen LogP contribution in [0, 0.1) is 0 Å². The number of methoxy groups -OCH3 is 1. The van der Waals surface area contributed by atoms with Crippen molar-refractivity contribution in [1.82, 2.24) is 5.32 Å². The molecule has 0 saturated carbocycles. The summed E-state index contributed by atoms with van der Waals surface area (Å²) in [6.07, 6.45) is 5.66. The average molecular weight is 462 g/mol. The van der Waals surface area contributed by atoms with Crippen LogP contribution in [-0.2, 0) is 6.42 Å². The molecule has 33 heavy (non-hydrogen) atoms. The van der Waals surface area contributed by atoms with Crippen molar-refractivity contribution in [2.24, 2.45) is 0 Å². The van der Waals surface area contributed by atoms with E-state index in [4.69, 9.17) is 9.47 Å². The van der Waals surface area contributed by atoms with Crippen LogP contribution in [0.1, 0.15) is 47.9 Å². The first kappa shape index (κ1) is 23.4. The molecule has 2 aliphatic rings. The second-order valence-electron chi connectivity index (χ2n) is 8.70. The van der Waals surface area contributed by atoms with Crippen molar-refractivity contribution in [3.63, 3.8) is 0 Å². The van der Waals surface area contributed by atoms with Gasteiger partial charge in [-0.25, -0.2) is 0 Å². The van der Waals surface area contributed by atoms with Crippen LogP contribution < -0.4 is 14.8 Å². The Bertz CT molecular complexity index is 1090. The van der Waals surface area contributed by atoms with Gasteiger partial charge in [-0.3, -0.25) is 0 Å². The zero-order valence-corrected chi connectivity index (χ0v) is 20.0. The molecule has 1 N–H and O–H groups in total. The molecule has 3 nitrogen and oxygen atoms in total. The van der Waals surface area contributed by atoms with Crippen molar-refractivity contribution < 1.29 is 9.47 Å². The summed E-state index contributed by atoms with van der Waals surface area (Å²) >= 11 is 0. The fourth-order valence-electron chi connectivity index (χ4n) is 4.99. The van der Waals surface area contributed by atoms with E-state index in [-0.39, 0.29) is 12.4 Å². The van der Waals surface area contributed by atoms with Crippen LogP contribution in [0.25, 0.3) is 11.1 Å². The molecule has 1 saturated heterocycles. The highest BCUT2D eigenvalue weighted by Gasteiger charge is 2.22. The standard InChI is InChI=1S/C29H31NO2.ClH/c1-31-26-14-16-28-23(20-26)11-15-27(21-6-3-2-4-7-21)29(28)22-9-12-25(13-10-22)32-19-17-24-8-5-18-30-24;/h2-4,6-7,9-10,12-14,16,20,24,30H,5,8,11,15,17-19H2,1H3;1H. The van der Waals surface area contributed by atoms with Gasteiger partial charge in [0.1, 0.15) is 11.5 Å². The summed E-state index contributed by atoms with van der Waals surface area (Å²) in [4.78, 5) is 0. The summed E-state index contributed by atoms with van der Waals surface area (Å²) in [5, 5.41) is 3.54. The minimum absolute atomic E-state index is 0. The second kappa shape index (κ2) is 10.9. The van der Waals surface area contributed by atoms with Crippen molar-refractivity contribution in [2.75, 3.05) is 20.3 Å². The Morgan fingerprint density at radius 2 is 1.67 bits per heavy atom. The smallest absolute Gasteiger partial charge is 0.119 e. The van der Waals surface area contributed by atoms with Crippen LogP contribution in [0.15, 0.2) is 72.8 Å². The molecule has 4 heteroatoms. The van der Waals surface area contributed by atoms with Crippen LogP contribution in [0.2, 0.25) is 0 Å². The Balaban J connectivity index is 0.00000259. The Labute approximate surface area is 203 Å². The van der Waals surface area contributed by atoms with Gasteiger partial charge in [0.2, 0.25) is 0 Å². The monoisotopic (exact) mass is 461 g/mol. The minimum Gasteiger partial charge on any atom is -0.497 e. The second-order valence-corrected chi connectivity index (χ2v) is 8.70. The van der Waals surface area contributed by atoms with Gasteiger partial charge in [-0.2, -0.15) is 0 Å². The molecule has 3 aromatic rings. The van der Waals surface area contributed by atoms with E-state index < -0.39 is 0 Å². The molecule has 0 spiro atoms. The van der Waals surface area contributed by atoms with Crippen molar-refractivity contribution in [3.8, 4) is 11.5 Å². The molecule has 1 unspecified atom stereocenters. The highest BCUT2D eigenvalue weighted by atomic mass is 35.5. The number of allylic oxidation sites excluding steroid dienone is 1. The topological polar surface area (TPSA) is 30.5 Å². The molecule has 0 bridgehead atoms. The minimum atomic E-state index is 0. The van der Waals surface area contributed by atoms with E-state index in [0.717, 1.165) is 43.9 Å². The zero-order chi connectivity index (χ0) is 21.8. The van der Waals surface area contributed by atoms with Crippen LogP contribution in [0.3, 0.4) is 0 Å². The molecule has 172 valence electrons. The molecule has 1 heterocycles. The predicted molar refractivity (Wildman–Crippen MR) is 138 cm³/mol. The van der Waals surface area contributed by atoms with Gasteiger partial charge in [0, 0.05) is 6.04 Å². The number of halogens is 1. The number of benzene rings is 3. The Kier molecular flexibility index (Phi) is 7.74. The third-order valence-corrected chi connectivity index (χ3v) is 6.69. The zero-order valence-electron chi connectivity index (χ0n) is 19.2. The Morgan fingerprint density at radius 1 is 0.879 bits per heavy atom. The van der Waals surface area contributed by atoms with E-state index in [1.807, 2.05) is 0 Å². The average Bonchev–Trinajstić information content (AvgIpc) is 3.37. The van der Waals surface area contributed by atoms with Gasteiger partial charge in [-0.1, -0.05) is 48.5 Å². The van der Waals surface area contributed by atoms with Crippen LogP contribution in [0.4, 0.5) is 0 Å². The SMILES string of the molecule is COc1ccc2c(c1)CCC(c1ccccc1)=C2c1ccc(OCCC2CCCN2)cc1.Cl. The van der Waals surface area contributed by atoms with Crippen LogP contribution in [0.5, 0.6) is 11.5 Å². The van der Waals surface area contributed by atoms with Crippen LogP contribution >= 0.6 is 12.4 Å². The number of aryl methyl sites for hydroxylation is 1. The first-order valence-electron chi connectivity index (χ1n) is 11.7. The first-order valence-corrected chi connectivity index (χ1v) is 11.7. The number of fused-ring (bicyclic) bond motifs is 1. The largest absolute Gasteiger partial charge is 0.497 e. The lowest BCUT2D eigenvalue weighted by Gasteiger charge is -2.25. The van der Waals surface area contributed by atoms with E-state index in [9.17, 15) is 0 Å². The predicted octanol–water partition coefficient (Wildman–Crippen LogP) is 6.54. The van der Waals surface area contributed by atoms with Crippen molar-refractivity contribution in [3.05, 3.63) is 95.1 Å². The molecule has 1 aliphatic carbocycles. The molecule has 3 aromatic carbocycles. The van der Waals surface area contributed by atoms with Gasteiger partial charge in [0.15, 0.2) is 0 Å². The van der Waals surface area contributed by atoms with Crippen molar-refractivity contribution in [2.45, 2.75) is 38.1 Å². The van der Waals surface area contributed by atoms with Gasteiger partial charge in [-0.05, 0) is 96.3 Å². The lowest BCUT2D eigenvalue weighted by molar-refractivity contribution is 0.292. The maximum Gasteiger partial charge on any atom is 0.119 e. The highest BCUT2D eigenvalue weighted by Crippen LogP contribution is 2.42. The molecule has 0 radical (unpaired) electrons. The summed E-state index contributed by atoms with van der Waals surface area (Å²) in [5.41, 5.74) is 7.92. The number of nitrogens with one attached hydrogen (secondary N) is 1. The molecule has 5 rings (SSSR count). The number of rotatable bonds is 7. The van der Waals surface area contributed by atoms with Gasteiger partial charge in [-0.15, -0.1) is 12.4 Å². The third kappa shape index (κ3) is 5.26. The van der Waals surface area contributed by atoms with Gasteiger partial charge in [0.25, 0.3) is 0 Å². The summed E-state index contributed by atoms with van der Waals surface area (Å²) in [6.45, 7) is 1.91. The summed E-state index contributed by atoms with van der Waals surface area (Å²) in [6, 6.07) is 26.5. The van der Waals surface area contributed by atoms with E-state index in [0.29, 0.717) is 6.04 Å². The molecule has 1 atom stereocenters. The van der Waals surface area contributed by atoms with Gasteiger partial charge < -0.3 is 14.8 Å². The molecular formula is C29H32ClNO2. The number of hydrogen-bond acceptors (Lipinski definition) is 3. The van der Waals surface area contributed by atoms with Crippen LogP contribution in [-0.4, -0.2) is 26.3 Å². The highest BCUT2D eigenvalue weighted by molar-refractivity contribution is 6.00. The Morgan fingerprint density at radius 3 is 2.39 bits per heavy atom. The summed E-state index contributed by atoms with van der Waals surface area (Å²) in [7, 11) is 1.73. The maximum absolute atomic E-state index is 6.05. The van der Waals surface area contributed by atoms with Crippen molar-refractivity contribution >= 4 is 23.6 Å².